The molecule has 1 aromatic heterocycles. The summed E-state index contributed by atoms with van der Waals surface area (Å²) in [7, 11) is 0. The number of aliphatic carboxylic acids is 1. The molecule has 1 aromatic carbocycles. The first kappa shape index (κ1) is 14.5. The van der Waals surface area contributed by atoms with Crippen molar-refractivity contribution in [3.05, 3.63) is 46.5 Å². The number of anilines is 1. The molecule has 0 radical (unpaired) electrons. The van der Waals surface area contributed by atoms with Crippen molar-refractivity contribution >= 4 is 22.4 Å². The third-order valence-corrected chi connectivity index (χ3v) is 3.89. The SMILES string of the molecule is Cc1ccccc1C(C)Nc1nc(C(N)C(=O)O)cs1. The second-order valence-corrected chi connectivity index (χ2v) is 5.47. The third-order valence-electron chi connectivity index (χ3n) is 3.10. The first-order chi connectivity index (χ1) is 9.49. The van der Waals surface area contributed by atoms with Crippen LogP contribution < -0.4 is 11.1 Å². The van der Waals surface area contributed by atoms with Gasteiger partial charge in [-0.2, -0.15) is 0 Å². The van der Waals surface area contributed by atoms with Crippen LogP contribution >= 0.6 is 11.3 Å². The van der Waals surface area contributed by atoms with Gasteiger partial charge in [-0.1, -0.05) is 24.3 Å². The lowest BCUT2D eigenvalue weighted by molar-refractivity contribution is -0.138. The number of carbonyl (C=O) groups is 1. The molecule has 0 spiro atoms. The van der Waals surface area contributed by atoms with Gasteiger partial charge in [0.15, 0.2) is 5.13 Å². The molecule has 4 N–H and O–H groups in total. The Morgan fingerprint density at radius 3 is 2.80 bits per heavy atom. The lowest BCUT2D eigenvalue weighted by Crippen LogP contribution is -2.21. The van der Waals surface area contributed by atoms with Crippen molar-refractivity contribution in [3.8, 4) is 0 Å². The molecule has 5 nitrogen and oxygen atoms in total. The van der Waals surface area contributed by atoms with Gasteiger partial charge in [-0.05, 0) is 25.0 Å². The average molecular weight is 291 g/mol. The molecule has 106 valence electrons. The van der Waals surface area contributed by atoms with Crippen LogP contribution in [0.3, 0.4) is 0 Å². The Morgan fingerprint density at radius 2 is 2.15 bits per heavy atom. The molecular formula is C14H17N3O2S. The van der Waals surface area contributed by atoms with Gasteiger partial charge in [0.25, 0.3) is 0 Å². The van der Waals surface area contributed by atoms with E-state index in [1.807, 2.05) is 19.1 Å². The summed E-state index contributed by atoms with van der Waals surface area (Å²) in [6.07, 6.45) is 0. The van der Waals surface area contributed by atoms with Crippen LogP contribution in [0, 0.1) is 6.92 Å². The van der Waals surface area contributed by atoms with Gasteiger partial charge in [0, 0.05) is 5.38 Å². The standard InChI is InChI=1S/C14H17N3O2S/c1-8-5-3-4-6-10(8)9(2)16-14-17-11(7-20-14)12(15)13(18)19/h3-7,9,12H,15H2,1-2H3,(H,16,17)(H,18,19). The van der Waals surface area contributed by atoms with Crippen LogP contribution in [-0.2, 0) is 4.79 Å². The number of hydrogen-bond acceptors (Lipinski definition) is 5. The van der Waals surface area contributed by atoms with E-state index in [9.17, 15) is 4.79 Å². The number of aromatic nitrogens is 1. The van der Waals surface area contributed by atoms with Gasteiger partial charge in [-0.25, -0.2) is 4.98 Å². The quantitative estimate of drug-likeness (QED) is 0.788. The Morgan fingerprint density at radius 1 is 1.45 bits per heavy atom. The minimum Gasteiger partial charge on any atom is -0.480 e. The number of nitrogens with zero attached hydrogens (tertiary/aromatic N) is 1. The number of carboxylic acids is 1. The van der Waals surface area contributed by atoms with Crippen LogP contribution in [0.4, 0.5) is 5.13 Å². The van der Waals surface area contributed by atoms with E-state index in [0.717, 1.165) is 0 Å². The fourth-order valence-corrected chi connectivity index (χ4v) is 2.79. The highest BCUT2D eigenvalue weighted by atomic mass is 32.1. The zero-order chi connectivity index (χ0) is 14.7. The van der Waals surface area contributed by atoms with E-state index in [4.69, 9.17) is 10.8 Å². The summed E-state index contributed by atoms with van der Waals surface area (Å²) in [5.41, 5.74) is 8.30. The van der Waals surface area contributed by atoms with Crippen molar-refractivity contribution in [2.45, 2.75) is 25.9 Å². The van der Waals surface area contributed by atoms with Crippen molar-refractivity contribution in [1.29, 1.82) is 0 Å². The van der Waals surface area contributed by atoms with E-state index in [0.29, 0.717) is 10.8 Å². The Balaban J connectivity index is 2.11. The molecule has 0 aliphatic rings. The van der Waals surface area contributed by atoms with Crippen LogP contribution in [-0.4, -0.2) is 16.1 Å². The van der Waals surface area contributed by atoms with Crippen LogP contribution in [0.1, 0.15) is 35.8 Å². The number of thiazole rings is 1. The Labute approximate surface area is 121 Å². The molecule has 1 heterocycles. The highest BCUT2D eigenvalue weighted by molar-refractivity contribution is 7.13. The van der Waals surface area contributed by atoms with Crippen LogP contribution in [0.25, 0.3) is 0 Å². The molecule has 0 aliphatic heterocycles. The number of aryl methyl sites for hydroxylation is 1. The second kappa shape index (κ2) is 6.02. The van der Waals surface area contributed by atoms with Crippen molar-refractivity contribution in [3.63, 3.8) is 0 Å². The fourth-order valence-electron chi connectivity index (χ4n) is 1.96. The summed E-state index contributed by atoms with van der Waals surface area (Å²) in [5, 5.41) is 14.5. The summed E-state index contributed by atoms with van der Waals surface area (Å²) in [5.74, 6) is -1.08. The smallest absolute Gasteiger partial charge is 0.326 e. The zero-order valence-corrected chi connectivity index (χ0v) is 12.1. The number of nitrogens with one attached hydrogen (secondary N) is 1. The summed E-state index contributed by atoms with van der Waals surface area (Å²) in [6, 6.07) is 7.13. The highest BCUT2D eigenvalue weighted by Gasteiger charge is 2.18. The molecule has 2 unspecified atom stereocenters. The molecule has 0 bridgehead atoms. The predicted octanol–water partition coefficient (Wildman–Crippen LogP) is 2.71. The van der Waals surface area contributed by atoms with Crippen LogP contribution in [0.15, 0.2) is 29.6 Å². The molecule has 0 fully saturated rings. The molecule has 0 saturated carbocycles. The van der Waals surface area contributed by atoms with E-state index in [1.54, 1.807) is 5.38 Å². The summed E-state index contributed by atoms with van der Waals surface area (Å²) >= 11 is 1.36. The maximum atomic E-state index is 10.8. The number of hydrogen-bond donors (Lipinski definition) is 3. The van der Waals surface area contributed by atoms with Crippen molar-refractivity contribution in [1.82, 2.24) is 4.98 Å². The largest absolute Gasteiger partial charge is 0.480 e. The topological polar surface area (TPSA) is 88.2 Å². The minimum atomic E-state index is -1.08. The van der Waals surface area contributed by atoms with E-state index in [1.165, 1.54) is 22.5 Å². The fraction of sp³-hybridized carbons (Fsp3) is 0.286. The van der Waals surface area contributed by atoms with Crippen LogP contribution in [0.5, 0.6) is 0 Å². The van der Waals surface area contributed by atoms with Gasteiger partial charge in [0.05, 0.1) is 11.7 Å². The normalized spacial score (nSPS) is 13.8. The van der Waals surface area contributed by atoms with E-state index in [2.05, 4.69) is 29.4 Å². The minimum absolute atomic E-state index is 0.0938. The lowest BCUT2D eigenvalue weighted by atomic mass is 10.0. The number of rotatable bonds is 5. The molecule has 2 atom stereocenters. The maximum absolute atomic E-state index is 10.8. The van der Waals surface area contributed by atoms with Gasteiger partial charge in [0.1, 0.15) is 6.04 Å². The van der Waals surface area contributed by atoms with Gasteiger partial charge in [0.2, 0.25) is 0 Å². The molecule has 0 aliphatic carbocycles. The molecule has 20 heavy (non-hydrogen) atoms. The highest BCUT2D eigenvalue weighted by Crippen LogP contribution is 2.25. The van der Waals surface area contributed by atoms with Crippen molar-refractivity contribution in [2.24, 2.45) is 5.73 Å². The molecular weight excluding hydrogens is 274 g/mol. The molecule has 2 rings (SSSR count). The van der Waals surface area contributed by atoms with Gasteiger partial charge < -0.3 is 16.2 Å². The molecule has 0 saturated heterocycles. The van der Waals surface area contributed by atoms with E-state index < -0.39 is 12.0 Å². The first-order valence-corrected chi connectivity index (χ1v) is 7.13. The number of nitrogens with two attached hydrogens (primary N) is 1. The summed E-state index contributed by atoms with van der Waals surface area (Å²) in [4.78, 5) is 15.0. The first-order valence-electron chi connectivity index (χ1n) is 6.25. The van der Waals surface area contributed by atoms with E-state index >= 15 is 0 Å². The van der Waals surface area contributed by atoms with E-state index in [-0.39, 0.29) is 6.04 Å². The Kier molecular flexibility index (Phi) is 4.36. The lowest BCUT2D eigenvalue weighted by Gasteiger charge is -2.15. The van der Waals surface area contributed by atoms with Gasteiger partial charge >= 0.3 is 5.97 Å². The third kappa shape index (κ3) is 3.15. The maximum Gasteiger partial charge on any atom is 0.326 e. The Hall–Kier alpha value is -1.92. The second-order valence-electron chi connectivity index (χ2n) is 4.62. The summed E-state index contributed by atoms with van der Waals surface area (Å²) in [6.45, 7) is 4.10. The molecule has 0 amide bonds. The van der Waals surface area contributed by atoms with Crippen LogP contribution in [0.2, 0.25) is 0 Å². The average Bonchev–Trinajstić information content (AvgIpc) is 2.86. The monoisotopic (exact) mass is 291 g/mol. The molecule has 6 heteroatoms. The van der Waals surface area contributed by atoms with Gasteiger partial charge in [-0.3, -0.25) is 4.79 Å². The molecule has 2 aromatic rings. The predicted molar refractivity (Wildman–Crippen MR) is 79.9 cm³/mol. The van der Waals surface area contributed by atoms with Crippen molar-refractivity contribution < 1.29 is 9.90 Å². The Bertz CT molecular complexity index is 612. The zero-order valence-electron chi connectivity index (χ0n) is 11.3. The number of carboxylic acid groups (broad SMARTS) is 1. The van der Waals surface area contributed by atoms with Crippen molar-refractivity contribution in [2.75, 3.05) is 5.32 Å². The number of benzene rings is 1. The van der Waals surface area contributed by atoms with Gasteiger partial charge in [-0.15, -0.1) is 11.3 Å². The summed E-state index contributed by atoms with van der Waals surface area (Å²) < 4.78 is 0.